The molecule has 1 unspecified atom stereocenters. The monoisotopic (exact) mass is 404 g/mol. The van der Waals surface area contributed by atoms with Gasteiger partial charge in [0.25, 0.3) is 5.91 Å². The summed E-state index contributed by atoms with van der Waals surface area (Å²) in [5.74, 6) is 1.56. The summed E-state index contributed by atoms with van der Waals surface area (Å²) in [5, 5.41) is 11.6. The van der Waals surface area contributed by atoms with Gasteiger partial charge in [-0.3, -0.25) is 9.20 Å². The topological polar surface area (TPSA) is 59.3 Å². The molecule has 0 radical (unpaired) electrons. The fourth-order valence-electron chi connectivity index (χ4n) is 2.47. The molecule has 0 aliphatic heterocycles. The molecule has 0 aliphatic rings. The Morgan fingerprint density at radius 1 is 1.29 bits per heavy atom. The van der Waals surface area contributed by atoms with Gasteiger partial charge in [0, 0.05) is 16.2 Å². The molecule has 0 saturated carbocycles. The first-order valence-electron chi connectivity index (χ1n) is 7.54. The lowest BCUT2D eigenvalue weighted by molar-refractivity contribution is 0.0933. The van der Waals surface area contributed by atoms with E-state index in [1.807, 2.05) is 47.0 Å². The number of nitrogens with zero attached hydrogens (tertiary/aromatic N) is 3. The number of thioether (sulfide) groups is 1. The minimum absolute atomic E-state index is 0.116. The molecule has 0 fully saturated rings. The van der Waals surface area contributed by atoms with Crippen molar-refractivity contribution in [2.24, 2.45) is 0 Å². The molecule has 5 nitrogen and oxygen atoms in total. The average Bonchev–Trinajstić information content (AvgIpc) is 3.02. The van der Waals surface area contributed by atoms with Crippen LogP contribution < -0.4 is 5.32 Å². The molecule has 1 amide bonds. The number of amides is 1. The van der Waals surface area contributed by atoms with Crippen LogP contribution in [0.2, 0.25) is 0 Å². The van der Waals surface area contributed by atoms with Crippen LogP contribution in [0.3, 0.4) is 0 Å². The third-order valence-electron chi connectivity index (χ3n) is 3.65. The third kappa shape index (κ3) is 3.79. The highest BCUT2D eigenvalue weighted by Crippen LogP contribution is 2.19. The van der Waals surface area contributed by atoms with Gasteiger partial charge in [-0.15, -0.1) is 10.2 Å². The zero-order chi connectivity index (χ0) is 16.9. The number of nitrogens with one attached hydrogen (secondary N) is 1. The highest BCUT2D eigenvalue weighted by atomic mass is 79.9. The van der Waals surface area contributed by atoms with Crippen LogP contribution in [-0.2, 0) is 0 Å². The fourth-order valence-corrected chi connectivity index (χ4v) is 3.34. The zero-order valence-corrected chi connectivity index (χ0v) is 15.5. The van der Waals surface area contributed by atoms with Crippen LogP contribution in [0, 0.1) is 0 Å². The van der Waals surface area contributed by atoms with Crippen molar-refractivity contribution in [3.8, 4) is 0 Å². The lowest BCUT2D eigenvalue weighted by atomic mass is 10.1. The highest BCUT2D eigenvalue weighted by Gasteiger charge is 2.20. The predicted molar refractivity (Wildman–Crippen MR) is 100 cm³/mol. The van der Waals surface area contributed by atoms with Gasteiger partial charge in [0.15, 0.2) is 11.5 Å². The molecule has 7 heteroatoms. The Bertz CT molecular complexity index is 851. The standard InChI is InChI=1S/C17H17BrN4OS/c1-24-10-8-14(16-21-20-15-7-2-3-9-22(15)16)19-17(23)12-5-4-6-13(18)11-12/h2-7,9,11,14H,8,10H2,1H3,(H,19,23). The minimum atomic E-state index is -0.193. The summed E-state index contributed by atoms with van der Waals surface area (Å²) in [6.07, 6.45) is 4.76. The van der Waals surface area contributed by atoms with Gasteiger partial charge in [-0.2, -0.15) is 11.8 Å². The van der Waals surface area contributed by atoms with E-state index in [2.05, 4.69) is 37.7 Å². The number of carbonyl (C=O) groups excluding carboxylic acids is 1. The number of carbonyl (C=O) groups is 1. The number of pyridine rings is 1. The number of aromatic nitrogens is 3. The second kappa shape index (κ2) is 7.81. The number of hydrogen-bond donors (Lipinski definition) is 1. The molecular formula is C17H17BrN4OS. The maximum absolute atomic E-state index is 12.6. The zero-order valence-electron chi connectivity index (χ0n) is 13.1. The maximum atomic E-state index is 12.6. The molecule has 0 aliphatic carbocycles. The van der Waals surface area contributed by atoms with Gasteiger partial charge in [0.1, 0.15) is 0 Å². The molecule has 24 heavy (non-hydrogen) atoms. The summed E-state index contributed by atoms with van der Waals surface area (Å²) >= 11 is 5.14. The number of benzene rings is 1. The molecule has 3 rings (SSSR count). The fraction of sp³-hybridized carbons (Fsp3) is 0.235. The smallest absolute Gasteiger partial charge is 0.251 e. The summed E-state index contributed by atoms with van der Waals surface area (Å²) in [5.41, 5.74) is 1.39. The lowest BCUT2D eigenvalue weighted by Crippen LogP contribution is -2.30. The molecule has 0 spiro atoms. The van der Waals surface area contributed by atoms with Crippen LogP contribution >= 0.6 is 27.7 Å². The molecule has 124 valence electrons. The van der Waals surface area contributed by atoms with Crippen molar-refractivity contribution in [3.63, 3.8) is 0 Å². The average molecular weight is 405 g/mol. The van der Waals surface area contributed by atoms with Crippen LogP contribution in [0.4, 0.5) is 0 Å². The van der Waals surface area contributed by atoms with E-state index in [9.17, 15) is 4.79 Å². The van der Waals surface area contributed by atoms with E-state index in [1.165, 1.54) is 0 Å². The number of fused-ring (bicyclic) bond motifs is 1. The second-order valence-corrected chi connectivity index (χ2v) is 7.21. The second-order valence-electron chi connectivity index (χ2n) is 5.30. The summed E-state index contributed by atoms with van der Waals surface area (Å²) in [6, 6.07) is 12.9. The van der Waals surface area contributed by atoms with Crippen molar-refractivity contribution >= 4 is 39.2 Å². The van der Waals surface area contributed by atoms with Crippen LogP contribution in [0.25, 0.3) is 5.65 Å². The van der Waals surface area contributed by atoms with Gasteiger partial charge in [0.05, 0.1) is 6.04 Å². The van der Waals surface area contributed by atoms with Crippen molar-refractivity contribution in [1.82, 2.24) is 19.9 Å². The summed E-state index contributed by atoms with van der Waals surface area (Å²) in [4.78, 5) is 12.6. The first-order valence-corrected chi connectivity index (χ1v) is 9.73. The molecule has 0 saturated heterocycles. The lowest BCUT2D eigenvalue weighted by Gasteiger charge is -2.17. The molecule has 1 aromatic carbocycles. The van der Waals surface area contributed by atoms with E-state index in [4.69, 9.17) is 0 Å². The largest absolute Gasteiger partial charge is 0.342 e. The van der Waals surface area contributed by atoms with Gasteiger partial charge >= 0.3 is 0 Å². The van der Waals surface area contributed by atoms with Crippen molar-refractivity contribution in [1.29, 1.82) is 0 Å². The first-order chi connectivity index (χ1) is 11.7. The maximum Gasteiger partial charge on any atom is 0.251 e. The van der Waals surface area contributed by atoms with Gasteiger partial charge in [0.2, 0.25) is 0 Å². The molecule has 2 aromatic heterocycles. The van der Waals surface area contributed by atoms with E-state index in [-0.39, 0.29) is 11.9 Å². The van der Waals surface area contributed by atoms with Crippen LogP contribution in [-0.4, -0.2) is 32.5 Å². The van der Waals surface area contributed by atoms with Crippen molar-refractivity contribution in [2.75, 3.05) is 12.0 Å². The normalized spacial score (nSPS) is 12.2. The van der Waals surface area contributed by atoms with Gasteiger partial charge in [-0.25, -0.2) is 0 Å². The quantitative estimate of drug-likeness (QED) is 0.679. The Hall–Kier alpha value is -1.86. The third-order valence-corrected chi connectivity index (χ3v) is 4.79. The van der Waals surface area contributed by atoms with Crippen LogP contribution in [0.5, 0.6) is 0 Å². The molecule has 0 bridgehead atoms. The Balaban J connectivity index is 1.88. The van der Waals surface area contributed by atoms with Gasteiger partial charge in [-0.1, -0.05) is 28.1 Å². The summed E-state index contributed by atoms with van der Waals surface area (Å²) in [7, 11) is 0. The Morgan fingerprint density at radius 2 is 2.17 bits per heavy atom. The van der Waals surface area contributed by atoms with Crippen molar-refractivity contribution in [3.05, 3.63) is 64.5 Å². The molecule has 1 N–H and O–H groups in total. The molecule has 1 atom stereocenters. The number of hydrogen-bond acceptors (Lipinski definition) is 4. The van der Waals surface area contributed by atoms with Crippen molar-refractivity contribution in [2.45, 2.75) is 12.5 Å². The van der Waals surface area contributed by atoms with E-state index in [0.717, 1.165) is 28.1 Å². The number of halogens is 1. The van der Waals surface area contributed by atoms with E-state index < -0.39 is 0 Å². The van der Waals surface area contributed by atoms with E-state index >= 15 is 0 Å². The van der Waals surface area contributed by atoms with Gasteiger partial charge in [-0.05, 0) is 48.8 Å². The van der Waals surface area contributed by atoms with E-state index in [0.29, 0.717) is 5.56 Å². The summed E-state index contributed by atoms with van der Waals surface area (Å²) in [6.45, 7) is 0. The van der Waals surface area contributed by atoms with E-state index in [1.54, 1.807) is 17.8 Å². The predicted octanol–water partition coefficient (Wildman–Crippen LogP) is 3.72. The highest BCUT2D eigenvalue weighted by molar-refractivity contribution is 9.10. The van der Waals surface area contributed by atoms with Crippen LogP contribution in [0.15, 0.2) is 53.1 Å². The van der Waals surface area contributed by atoms with Crippen molar-refractivity contribution < 1.29 is 4.79 Å². The molecule has 3 aromatic rings. The van der Waals surface area contributed by atoms with Crippen LogP contribution in [0.1, 0.15) is 28.6 Å². The Kier molecular flexibility index (Phi) is 5.52. The number of rotatable bonds is 6. The SMILES string of the molecule is CSCCC(NC(=O)c1cccc(Br)c1)c1nnc2ccccn12. The first kappa shape index (κ1) is 17.0. The Labute approximate surface area is 153 Å². The Morgan fingerprint density at radius 3 is 2.96 bits per heavy atom. The molecule has 2 heterocycles. The van der Waals surface area contributed by atoms with Gasteiger partial charge < -0.3 is 5.32 Å². The minimum Gasteiger partial charge on any atom is -0.342 e. The molecular weight excluding hydrogens is 388 g/mol. The summed E-state index contributed by atoms with van der Waals surface area (Å²) < 4.78 is 2.80.